The van der Waals surface area contributed by atoms with Gasteiger partial charge in [-0.25, -0.2) is 17.6 Å². The molecule has 0 aliphatic heterocycles. The van der Waals surface area contributed by atoms with E-state index in [0.29, 0.717) is 17.5 Å². The molecule has 3 aromatic carbocycles. The van der Waals surface area contributed by atoms with Gasteiger partial charge >= 0.3 is 0 Å². The average Bonchev–Trinajstić information content (AvgIpc) is 2.99. The number of aryl methyl sites for hydroxylation is 1. The molecule has 0 N–H and O–H groups in total. The molecule has 1 aliphatic carbocycles. The van der Waals surface area contributed by atoms with Crippen LogP contribution < -0.4 is 0 Å². The molecule has 4 rings (SSSR count). The Morgan fingerprint density at radius 2 is 1.63 bits per heavy atom. The van der Waals surface area contributed by atoms with Crippen LogP contribution in [0.3, 0.4) is 0 Å². The largest absolute Gasteiger partial charge is 0.206 e. The second-order valence-corrected chi connectivity index (χ2v) is 6.52. The zero-order valence-electron chi connectivity index (χ0n) is 14.3. The number of halogens is 4. The van der Waals surface area contributed by atoms with Crippen LogP contribution in [0.15, 0.2) is 36.4 Å². The number of nitriles is 1. The summed E-state index contributed by atoms with van der Waals surface area (Å²) in [5, 5.41) is 8.76. The average molecular weight is 367 g/mol. The van der Waals surface area contributed by atoms with Gasteiger partial charge in [-0.3, -0.25) is 0 Å². The minimum absolute atomic E-state index is 0.271. The van der Waals surface area contributed by atoms with Crippen LogP contribution in [-0.4, -0.2) is 0 Å². The molecule has 5 heteroatoms. The van der Waals surface area contributed by atoms with Gasteiger partial charge in [0.2, 0.25) is 0 Å². The SMILES string of the molecule is CCc1ccc2c(c1)Cc1c-2cc(F)c(-c2cc(F)c(C#N)c(F)c2)c1F. The van der Waals surface area contributed by atoms with Crippen molar-refractivity contribution in [1.29, 1.82) is 5.26 Å². The molecule has 0 fully saturated rings. The Morgan fingerprint density at radius 3 is 2.26 bits per heavy atom. The van der Waals surface area contributed by atoms with Crippen LogP contribution in [0.4, 0.5) is 17.6 Å². The topological polar surface area (TPSA) is 23.8 Å². The van der Waals surface area contributed by atoms with E-state index >= 15 is 4.39 Å². The molecular formula is C22H13F4N. The maximum Gasteiger partial charge on any atom is 0.144 e. The summed E-state index contributed by atoms with van der Waals surface area (Å²) in [6, 6.07) is 9.91. The fourth-order valence-electron chi connectivity index (χ4n) is 3.63. The maximum absolute atomic E-state index is 15.2. The molecule has 0 radical (unpaired) electrons. The molecule has 0 atom stereocenters. The number of hydrogen-bond acceptors (Lipinski definition) is 1. The van der Waals surface area contributed by atoms with Gasteiger partial charge in [-0.05, 0) is 52.4 Å². The molecule has 0 heterocycles. The number of nitrogens with zero attached hydrogens (tertiary/aromatic N) is 1. The summed E-state index contributed by atoms with van der Waals surface area (Å²) in [5.41, 5.74) is 1.99. The Balaban J connectivity index is 1.90. The summed E-state index contributed by atoms with van der Waals surface area (Å²) >= 11 is 0. The van der Waals surface area contributed by atoms with Gasteiger partial charge in [0.15, 0.2) is 0 Å². The molecule has 0 unspecified atom stereocenters. The summed E-state index contributed by atoms with van der Waals surface area (Å²) in [4.78, 5) is 0. The number of hydrogen-bond donors (Lipinski definition) is 0. The quantitative estimate of drug-likeness (QED) is 0.404. The van der Waals surface area contributed by atoms with E-state index in [1.807, 2.05) is 25.1 Å². The first-order valence-corrected chi connectivity index (χ1v) is 8.47. The van der Waals surface area contributed by atoms with Gasteiger partial charge in [0.25, 0.3) is 0 Å². The van der Waals surface area contributed by atoms with Crippen molar-refractivity contribution in [2.75, 3.05) is 0 Å². The summed E-state index contributed by atoms with van der Waals surface area (Å²) in [5.74, 6) is -4.03. The van der Waals surface area contributed by atoms with E-state index in [1.54, 1.807) is 0 Å². The third kappa shape index (κ3) is 2.60. The van der Waals surface area contributed by atoms with Crippen molar-refractivity contribution >= 4 is 0 Å². The van der Waals surface area contributed by atoms with Crippen molar-refractivity contribution in [3.8, 4) is 28.3 Å². The van der Waals surface area contributed by atoms with Gasteiger partial charge in [-0.15, -0.1) is 0 Å². The third-order valence-electron chi connectivity index (χ3n) is 5.00. The highest BCUT2D eigenvalue weighted by Crippen LogP contribution is 2.42. The first kappa shape index (κ1) is 17.3. The second kappa shape index (κ2) is 6.24. The first-order chi connectivity index (χ1) is 12.9. The highest BCUT2D eigenvalue weighted by Gasteiger charge is 2.27. The van der Waals surface area contributed by atoms with E-state index in [1.165, 1.54) is 12.1 Å². The fourth-order valence-corrected chi connectivity index (χ4v) is 3.63. The van der Waals surface area contributed by atoms with Gasteiger partial charge in [-0.1, -0.05) is 25.1 Å². The van der Waals surface area contributed by atoms with Gasteiger partial charge in [0, 0.05) is 12.0 Å². The van der Waals surface area contributed by atoms with Gasteiger partial charge in [-0.2, -0.15) is 5.26 Å². The lowest BCUT2D eigenvalue weighted by atomic mass is 9.96. The number of benzene rings is 3. The Bertz CT molecular complexity index is 1120. The summed E-state index contributed by atoms with van der Waals surface area (Å²) in [7, 11) is 0. The Kier molecular flexibility index (Phi) is 4.00. The van der Waals surface area contributed by atoms with Crippen molar-refractivity contribution in [2.24, 2.45) is 0 Å². The lowest BCUT2D eigenvalue weighted by molar-refractivity contribution is 0.571. The Morgan fingerprint density at radius 1 is 0.926 bits per heavy atom. The molecule has 27 heavy (non-hydrogen) atoms. The van der Waals surface area contributed by atoms with Crippen molar-refractivity contribution in [3.05, 3.63) is 81.9 Å². The van der Waals surface area contributed by atoms with E-state index in [9.17, 15) is 13.2 Å². The fraction of sp³-hybridized carbons (Fsp3) is 0.136. The van der Waals surface area contributed by atoms with E-state index in [4.69, 9.17) is 5.26 Å². The van der Waals surface area contributed by atoms with Gasteiger partial charge in [0.1, 0.15) is 34.9 Å². The first-order valence-electron chi connectivity index (χ1n) is 8.47. The molecule has 0 saturated heterocycles. The van der Waals surface area contributed by atoms with Crippen LogP contribution in [-0.2, 0) is 12.8 Å². The van der Waals surface area contributed by atoms with E-state index < -0.39 is 34.4 Å². The van der Waals surface area contributed by atoms with Crippen LogP contribution >= 0.6 is 0 Å². The normalized spacial score (nSPS) is 11.9. The lowest BCUT2D eigenvalue weighted by Gasteiger charge is -2.11. The van der Waals surface area contributed by atoms with Crippen LogP contribution in [0.1, 0.15) is 29.2 Å². The molecule has 0 amide bonds. The van der Waals surface area contributed by atoms with Gasteiger partial charge in [0.05, 0.1) is 5.56 Å². The molecule has 134 valence electrons. The van der Waals surface area contributed by atoms with Crippen molar-refractivity contribution in [2.45, 2.75) is 19.8 Å². The van der Waals surface area contributed by atoms with Crippen LogP contribution in [0, 0.1) is 34.6 Å². The van der Waals surface area contributed by atoms with Crippen LogP contribution in [0.2, 0.25) is 0 Å². The summed E-state index contributed by atoms with van der Waals surface area (Å²) in [6.45, 7) is 2.01. The van der Waals surface area contributed by atoms with E-state index in [-0.39, 0.29) is 5.56 Å². The zero-order chi connectivity index (χ0) is 19.3. The molecule has 0 spiro atoms. The smallest absolute Gasteiger partial charge is 0.144 e. The highest BCUT2D eigenvalue weighted by molar-refractivity contribution is 5.81. The Labute approximate surface area is 153 Å². The lowest BCUT2D eigenvalue weighted by Crippen LogP contribution is -1.99. The Hall–Kier alpha value is -3.13. The molecule has 0 bridgehead atoms. The van der Waals surface area contributed by atoms with E-state index in [0.717, 1.165) is 35.2 Å². The van der Waals surface area contributed by atoms with E-state index in [2.05, 4.69) is 0 Å². The monoisotopic (exact) mass is 367 g/mol. The molecular weight excluding hydrogens is 354 g/mol. The van der Waals surface area contributed by atoms with Crippen molar-refractivity contribution in [1.82, 2.24) is 0 Å². The third-order valence-corrected chi connectivity index (χ3v) is 5.00. The van der Waals surface area contributed by atoms with Crippen molar-refractivity contribution < 1.29 is 17.6 Å². The minimum atomic E-state index is -1.15. The highest BCUT2D eigenvalue weighted by atomic mass is 19.1. The summed E-state index contributed by atoms with van der Waals surface area (Å²) in [6.07, 6.45) is 1.12. The molecule has 0 aromatic heterocycles. The van der Waals surface area contributed by atoms with Crippen molar-refractivity contribution in [3.63, 3.8) is 0 Å². The second-order valence-electron chi connectivity index (χ2n) is 6.52. The van der Waals surface area contributed by atoms with Crippen LogP contribution in [0.5, 0.6) is 0 Å². The molecule has 1 aliphatic rings. The maximum atomic E-state index is 15.2. The summed E-state index contributed by atoms with van der Waals surface area (Å²) < 4.78 is 57.7. The zero-order valence-corrected chi connectivity index (χ0v) is 14.3. The molecule has 0 saturated carbocycles. The molecule has 3 aromatic rings. The number of rotatable bonds is 2. The standard InChI is InChI=1S/C22H13F4N/c1-2-11-3-4-14-12(5-11)6-16-15(14)9-20(25)21(22(16)26)13-7-18(23)17(10-27)19(24)8-13/h3-5,7-9H,2,6H2,1H3. The molecule has 1 nitrogen and oxygen atoms in total. The minimum Gasteiger partial charge on any atom is -0.206 e. The van der Waals surface area contributed by atoms with Crippen LogP contribution in [0.25, 0.3) is 22.3 Å². The predicted octanol–water partition coefficient (Wildman–Crippen LogP) is 5.92. The van der Waals surface area contributed by atoms with Gasteiger partial charge < -0.3 is 0 Å². The number of fused-ring (bicyclic) bond motifs is 3. The predicted molar refractivity (Wildman–Crippen MR) is 94.0 cm³/mol.